The molecule has 84 valence electrons. The van der Waals surface area contributed by atoms with Gasteiger partial charge >= 0.3 is 0 Å². The molecule has 0 bridgehead atoms. The summed E-state index contributed by atoms with van der Waals surface area (Å²) in [4.78, 5) is 2.36. The summed E-state index contributed by atoms with van der Waals surface area (Å²) < 4.78 is 0. The van der Waals surface area contributed by atoms with E-state index in [1.165, 1.54) is 5.56 Å². The van der Waals surface area contributed by atoms with Crippen molar-refractivity contribution in [1.82, 2.24) is 4.90 Å². The number of azo groups is 1. The molecule has 2 aliphatic heterocycles. The minimum Gasteiger partial charge on any atom is -0.303 e. The number of hydrogen-bond donors (Lipinski definition) is 0. The van der Waals surface area contributed by atoms with Crippen molar-refractivity contribution in [2.45, 2.75) is 18.5 Å². The molecule has 0 saturated carbocycles. The molecule has 0 radical (unpaired) electrons. The summed E-state index contributed by atoms with van der Waals surface area (Å²) in [6, 6.07) is 10.8. The van der Waals surface area contributed by atoms with Gasteiger partial charge in [-0.3, -0.25) is 0 Å². The molecule has 0 spiro atoms. The maximum atomic E-state index is 4.52. The minimum absolute atomic E-state index is 0.0370. The second-order valence-electron chi connectivity index (χ2n) is 5.23. The van der Waals surface area contributed by atoms with Gasteiger partial charge in [-0.25, -0.2) is 0 Å². The molecule has 0 N–H and O–H groups in total. The van der Waals surface area contributed by atoms with E-state index in [2.05, 4.69) is 59.4 Å². The monoisotopic (exact) mass is 215 g/mol. The van der Waals surface area contributed by atoms with Crippen LogP contribution >= 0.6 is 0 Å². The zero-order chi connectivity index (χ0) is 11.2. The molecule has 3 atom stereocenters. The van der Waals surface area contributed by atoms with Crippen molar-refractivity contribution in [2.75, 3.05) is 20.1 Å². The van der Waals surface area contributed by atoms with Gasteiger partial charge < -0.3 is 4.90 Å². The highest BCUT2D eigenvalue weighted by Gasteiger charge is 2.50. The molecule has 1 fully saturated rings. The van der Waals surface area contributed by atoms with Crippen molar-refractivity contribution in [3.05, 3.63) is 35.9 Å². The van der Waals surface area contributed by atoms with E-state index in [0.717, 1.165) is 13.1 Å². The third-order valence-corrected chi connectivity index (χ3v) is 3.83. The van der Waals surface area contributed by atoms with Crippen LogP contribution in [0.5, 0.6) is 0 Å². The number of hydrogen-bond acceptors (Lipinski definition) is 3. The van der Waals surface area contributed by atoms with Gasteiger partial charge in [0.25, 0.3) is 0 Å². The van der Waals surface area contributed by atoms with Crippen molar-refractivity contribution in [2.24, 2.45) is 16.1 Å². The topological polar surface area (TPSA) is 28.0 Å². The third kappa shape index (κ3) is 1.39. The molecule has 1 saturated heterocycles. The molecule has 16 heavy (non-hydrogen) atoms. The summed E-state index contributed by atoms with van der Waals surface area (Å²) >= 11 is 0. The molecule has 1 aromatic carbocycles. The smallest absolute Gasteiger partial charge is 0.102 e. The van der Waals surface area contributed by atoms with Gasteiger partial charge in [-0.2, -0.15) is 10.2 Å². The van der Waals surface area contributed by atoms with Crippen LogP contribution in [0.4, 0.5) is 0 Å². The number of likely N-dealkylation sites (tertiary alicyclic amines) is 1. The Kier molecular flexibility index (Phi) is 2.11. The predicted octanol–water partition coefficient (Wildman–Crippen LogP) is 2.51. The molecule has 0 aromatic heterocycles. The van der Waals surface area contributed by atoms with E-state index in [-0.39, 0.29) is 11.6 Å². The van der Waals surface area contributed by atoms with E-state index in [1.807, 2.05) is 0 Å². The van der Waals surface area contributed by atoms with E-state index in [0.29, 0.717) is 5.92 Å². The largest absolute Gasteiger partial charge is 0.303 e. The Balaban J connectivity index is 1.93. The second kappa shape index (κ2) is 3.39. The van der Waals surface area contributed by atoms with E-state index < -0.39 is 0 Å². The van der Waals surface area contributed by atoms with Crippen LogP contribution in [0.25, 0.3) is 0 Å². The Bertz CT molecular complexity index is 414. The van der Waals surface area contributed by atoms with E-state index >= 15 is 0 Å². The highest BCUT2D eigenvalue weighted by atomic mass is 15.3. The van der Waals surface area contributed by atoms with E-state index in [9.17, 15) is 0 Å². The molecule has 2 heterocycles. The average Bonchev–Trinajstić information content (AvgIpc) is 2.71. The van der Waals surface area contributed by atoms with Crippen LogP contribution in [-0.4, -0.2) is 30.6 Å². The van der Waals surface area contributed by atoms with Gasteiger partial charge in [0.15, 0.2) is 0 Å². The quantitative estimate of drug-likeness (QED) is 0.707. The zero-order valence-corrected chi connectivity index (χ0v) is 9.80. The van der Waals surface area contributed by atoms with E-state index in [4.69, 9.17) is 0 Å². The summed E-state index contributed by atoms with van der Waals surface area (Å²) in [5, 5.41) is 9.02. The summed E-state index contributed by atoms with van der Waals surface area (Å²) in [5.41, 5.74) is 1.34. The Morgan fingerprint density at radius 2 is 2.06 bits per heavy atom. The Hall–Kier alpha value is -1.22. The highest BCUT2D eigenvalue weighted by Crippen LogP contribution is 2.46. The first kappa shape index (κ1) is 9.97. The van der Waals surface area contributed by atoms with Crippen LogP contribution in [0.1, 0.15) is 18.5 Å². The maximum Gasteiger partial charge on any atom is 0.102 e. The molecule has 1 aromatic rings. The number of nitrogens with zero attached hydrogens (tertiary/aromatic N) is 3. The number of benzene rings is 1. The van der Waals surface area contributed by atoms with Gasteiger partial charge in [-0.05, 0) is 19.5 Å². The van der Waals surface area contributed by atoms with Crippen molar-refractivity contribution in [3.8, 4) is 0 Å². The van der Waals surface area contributed by atoms with Crippen molar-refractivity contribution < 1.29 is 0 Å². The molecule has 2 aliphatic rings. The molecular formula is C13H17N3. The van der Waals surface area contributed by atoms with E-state index in [1.54, 1.807) is 0 Å². The lowest BCUT2D eigenvalue weighted by Gasteiger charge is -2.21. The number of rotatable bonds is 1. The van der Waals surface area contributed by atoms with Crippen LogP contribution in [0.3, 0.4) is 0 Å². The fraction of sp³-hybridized carbons (Fsp3) is 0.538. The van der Waals surface area contributed by atoms with Gasteiger partial charge in [0.2, 0.25) is 0 Å². The molecule has 0 amide bonds. The standard InChI is InChI=1S/C13H17N3/c1-13-9-16(2)8-11(13)12(14-15-13)10-6-4-3-5-7-10/h3-7,11-12H,8-9H2,1-2H3. The third-order valence-electron chi connectivity index (χ3n) is 3.83. The van der Waals surface area contributed by atoms with Gasteiger partial charge in [-0.1, -0.05) is 30.3 Å². The van der Waals surface area contributed by atoms with Crippen LogP contribution in [0.15, 0.2) is 40.6 Å². The van der Waals surface area contributed by atoms with Crippen LogP contribution in [-0.2, 0) is 0 Å². The second-order valence-corrected chi connectivity index (χ2v) is 5.23. The average molecular weight is 215 g/mol. The zero-order valence-electron chi connectivity index (χ0n) is 9.80. The van der Waals surface area contributed by atoms with Crippen molar-refractivity contribution >= 4 is 0 Å². The van der Waals surface area contributed by atoms with Crippen LogP contribution in [0, 0.1) is 5.92 Å². The van der Waals surface area contributed by atoms with Gasteiger partial charge in [0, 0.05) is 19.0 Å². The molecule has 3 heteroatoms. The maximum absolute atomic E-state index is 4.52. The number of fused-ring (bicyclic) bond motifs is 1. The van der Waals surface area contributed by atoms with Crippen molar-refractivity contribution in [1.29, 1.82) is 0 Å². The van der Waals surface area contributed by atoms with Crippen molar-refractivity contribution in [3.63, 3.8) is 0 Å². The van der Waals surface area contributed by atoms with Gasteiger partial charge in [0.05, 0.1) is 5.54 Å². The van der Waals surface area contributed by atoms with Crippen LogP contribution < -0.4 is 0 Å². The Morgan fingerprint density at radius 1 is 1.31 bits per heavy atom. The fourth-order valence-corrected chi connectivity index (χ4v) is 3.03. The molecule has 3 nitrogen and oxygen atoms in total. The molecular weight excluding hydrogens is 198 g/mol. The van der Waals surface area contributed by atoms with Crippen LogP contribution in [0.2, 0.25) is 0 Å². The first-order valence-corrected chi connectivity index (χ1v) is 5.84. The number of likely N-dealkylation sites (N-methyl/N-ethyl adjacent to an activating group) is 1. The van der Waals surface area contributed by atoms with Gasteiger partial charge in [0.1, 0.15) is 6.04 Å². The minimum atomic E-state index is 0.0370. The highest BCUT2D eigenvalue weighted by molar-refractivity contribution is 5.24. The first-order valence-electron chi connectivity index (χ1n) is 5.84. The summed E-state index contributed by atoms with van der Waals surface area (Å²) in [5.74, 6) is 0.542. The fourth-order valence-electron chi connectivity index (χ4n) is 3.03. The predicted molar refractivity (Wildman–Crippen MR) is 63.4 cm³/mol. The summed E-state index contributed by atoms with van der Waals surface area (Å²) in [6.45, 7) is 4.36. The lowest BCUT2D eigenvalue weighted by Crippen LogP contribution is -2.30. The Labute approximate surface area is 96.2 Å². The normalized spacial score (nSPS) is 37.9. The SMILES string of the molecule is CN1CC2C(c3ccccc3)N=NC2(C)C1. The molecule has 3 rings (SSSR count). The first-order chi connectivity index (χ1) is 7.69. The lowest BCUT2D eigenvalue weighted by atomic mass is 9.83. The summed E-state index contributed by atoms with van der Waals surface area (Å²) in [7, 11) is 2.17. The molecule has 3 unspecified atom stereocenters. The molecule has 0 aliphatic carbocycles. The Morgan fingerprint density at radius 3 is 2.81 bits per heavy atom. The van der Waals surface area contributed by atoms with Gasteiger partial charge in [-0.15, -0.1) is 0 Å². The summed E-state index contributed by atoms with van der Waals surface area (Å²) in [6.07, 6.45) is 0. The lowest BCUT2D eigenvalue weighted by molar-refractivity contribution is 0.374.